The average Bonchev–Trinajstić information content (AvgIpc) is 2.61. The van der Waals surface area contributed by atoms with Crippen LogP contribution in [0.4, 0.5) is 5.82 Å². The molecule has 0 bridgehead atoms. The number of hydrogen-bond donors (Lipinski definition) is 1. The number of carbonyl (C=O) groups excluding carboxylic acids is 2. The Balaban J connectivity index is 2.44. The van der Waals surface area contributed by atoms with E-state index in [1.54, 1.807) is 6.92 Å². The highest BCUT2D eigenvalue weighted by Crippen LogP contribution is 2.05. The van der Waals surface area contributed by atoms with Crippen molar-refractivity contribution < 1.29 is 23.7 Å². The topological polar surface area (TPSA) is 118 Å². The van der Waals surface area contributed by atoms with Gasteiger partial charge in [-0.05, 0) is 17.2 Å². The number of rotatable bonds is 4. The van der Waals surface area contributed by atoms with Crippen molar-refractivity contribution in [1.82, 2.24) is 10.3 Å². The zero-order valence-corrected chi connectivity index (χ0v) is 7.93. The first-order valence-electron chi connectivity index (χ1n) is 4.06. The van der Waals surface area contributed by atoms with Gasteiger partial charge in [-0.3, -0.25) is 0 Å². The molecule has 1 rings (SSSR count). The molecule has 8 heteroatoms. The highest BCUT2D eigenvalue weighted by Gasteiger charge is 2.18. The molecule has 0 atom stereocenters. The van der Waals surface area contributed by atoms with E-state index in [0.717, 1.165) is 0 Å². The Kier molecular flexibility index (Phi) is 3.61. The molecule has 0 spiro atoms. The number of ether oxygens (including phenoxy) is 2. The molecule has 1 heterocycles. The Labute approximate surface area is 84.3 Å². The van der Waals surface area contributed by atoms with Crippen molar-refractivity contribution >= 4 is 17.8 Å². The molecule has 0 saturated carbocycles. The molecule has 0 amide bonds. The van der Waals surface area contributed by atoms with E-state index >= 15 is 0 Å². The second-order valence-corrected chi connectivity index (χ2v) is 2.38. The zero-order chi connectivity index (χ0) is 11.3. The summed E-state index contributed by atoms with van der Waals surface area (Å²) in [6.07, 6.45) is 0. The van der Waals surface area contributed by atoms with Crippen LogP contribution in [-0.4, -0.2) is 35.5 Å². The van der Waals surface area contributed by atoms with E-state index in [2.05, 4.69) is 24.4 Å². The molecule has 0 fully saturated rings. The van der Waals surface area contributed by atoms with E-state index in [1.165, 1.54) is 0 Å². The number of nitrogens with two attached hydrogens (primary N) is 1. The summed E-state index contributed by atoms with van der Waals surface area (Å²) in [7, 11) is 0. The smallest absolute Gasteiger partial charge is 0.365 e. The molecular weight excluding hydrogens is 206 g/mol. The third kappa shape index (κ3) is 2.93. The van der Waals surface area contributed by atoms with E-state index < -0.39 is 18.5 Å². The lowest BCUT2D eigenvalue weighted by Crippen LogP contribution is -2.17. The lowest BCUT2D eigenvalue weighted by Gasteiger charge is -2.01. The van der Waals surface area contributed by atoms with E-state index in [1.807, 2.05) is 0 Å². The average molecular weight is 215 g/mol. The Morgan fingerprint density at radius 3 is 2.67 bits per heavy atom. The number of carbonyl (C=O) groups is 2. The summed E-state index contributed by atoms with van der Waals surface area (Å²) >= 11 is 0. The maximum atomic E-state index is 11.2. The summed E-state index contributed by atoms with van der Waals surface area (Å²) in [5.74, 6) is -1.73. The van der Waals surface area contributed by atoms with Gasteiger partial charge in [0, 0.05) is 0 Å². The molecule has 0 aliphatic heterocycles. The Bertz CT molecular complexity index is 361. The fraction of sp³-hybridized carbons (Fsp3) is 0.429. The van der Waals surface area contributed by atoms with Gasteiger partial charge in [0.2, 0.25) is 11.5 Å². The number of aromatic nitrogens is 2. The number of nitrogen functional groups attached to an aromatic ring is 1. The van der Waals surface area contributed by atoms with Crippen molar-refractivity contribution in [2.75, 3.05) is 18.9 Å². The summed E-state index contributed by atoms with van der Waals surface area (Å²) in [4.78, 5) is 22.0. The van der Waals surface area contributed by atoms with Gasteiger partial charge in [0.1, 0.15) is 0 Å². The molecule has 1 aromatic heterocycles. The van der Waals surface area contributed by atoms with Gasteiger partial charge in [0.05, 0.1) is 6.61 Å². The van der Waals surface area contributed by atoms with Crippen LogP contribution in [0.3, 0.4) is 0 Å². The quantitative estimate of drug-likeness (QED) is 0.659. The highest BCUT2D eigenvalue weighted by atomic mass is 16.6. The van der Waals surface area contributed by atoms with Gasteiger partial charge >= 0.3 is 11.9 Å². The fourth-order valence-corrected chi connectivity index (χ4v) is 0.733. The van der Waals surface area contributed by atoms with Crippen LogP contribution in [-0.2, 0) is 14.3 Å². The Morgan fingerprint density at radius 1 is 1.40 bits per heavy atom. The van der Waals surface area contributed by atoms with Crippen molar-refractivity contribution in [1.29, 1.82) is 0 Å². The van der Waals surface area contributed by atoms with E-state index in [4.69, 9.17) is 5.73 Å². The molecule has 0 radical (unpaired) electrons. The van der Waals surface area contributed by atoms with Crippen molar-refractivity contribution in [3.05, 3.63) is 5.69 Å². The van der Waals surface area contributed by atoms with Gasteiger partial charge in [-0.25, -0.2) is 14.2 Å². The van der Waals surface area contributed by atoms with Gasteiger partial charge in [-0.15, -0.1) is 0 Å². The molecule has 2 N–H and O–H groups in total. The second kappa shape index (κ2) is 4.94. The first-order chi connectivity index (χ1) is 7.15. The molecule has 8 nitrogen and oxygen atoms in total. The number of hydrogen-bond acceptors (Lipinski definition) is 8. The predicted molar refractivity (Wildman–Crippen MR) is 45.6 cm³/mol. The zero-order valence-electron chi connectivity index (χ0n) is 7.93. The van der Waals surface area contributed by atoms with Gasteiger partial charge in [-0.1, -0.05) is 0 Å². The van der Waals surface area contributed by atoms with Crippen LogP contribution in [0.15, 0.2) is 4.63 Å². The Hall–Kier alpha value is -2.12. The highest BCUT2D eigenvalue weighted by molar-refractivity contribution is 5.92. The van der Waals surface area contributed by atoms with Crippen molar-refractivity contribution in [3.63, 3.8) is 0 Å². The van der Waals surface area contributed by atoms with Crippen LogP contribution in [0, 0.1) is 0 Å². The van der Waals surface area contributed by atoms with Crippen LogP contribution in [0.1, 0.15) is 17.4 Å². The third-order valence-electron chi connectivity index (χ3n) is 1.33. The van der Waals surface area contributed by atoms with Gasteiger partial charge in [0.25, 0.3) is 0 Å². The maximum absolute atomic E-state index is 11.2. The van der Waals surface area contributed by atoms with Gasteiger partial charge in [-0.2, -0.15) is 0 Å². The monoisotopic (exact) mass is 215 g/mol. The Morgan fingerprint density at radius 2 is 2.13 bits per heavy atom. The minimum absolute atomic E-state index is 0.191. The van der Waals surface area contributed by atoms with Gasteiger partial charge < -0.3 is 15.2 Å². The number of nitrogens with zero attached hydrogens (tertiary/aromatic N) is 2. The molecule has 0 aliphatic carbocycles. The van der Waals surface area contributed by atoms with Crippen LogP contribution < -0.4 is 5.73 Å². The molecular formula is C7H9N3O5. The van der Waals surface area contributed by atoms with Crippen LogP contribution in [0.5, 0.6) is 0 Å². The normalized spacial score (nSPS) is 9.67. The molecule has 15 heavy (non-hydrogen) atoms. The molecule has 1 aromatic rings. The number of esters is 2. The predicted octanol–water partition coefficient (Wildman–Crippen LogP) is -0.628. The van der Waals surface area contributed by atoms with Crippen molar-refractivity contribution in [3.8, 4) is 0 Å². The summed E-state index contributed by atoms with van der Waals surface area (Å²) in [5.41, 5.74) is 4.96. The summed E-state index contributed by atoms with van der Waals surface area (Å²) in [5, 5.41) is 6.38. The number of anilines is 1. The molecule has 0 aromatic carbocycles. The van der Waals surface area contributed by atoms with E-state index in [-0.39, 0.29) is 18.1 Å². The summed E-state index contributed by atoms with van der Waals surface area (Å²) < 4.78 is 13.2. The second-order valence-electron chi connectivity index (χ2n) is 2.38. The first-order valence-corrected chi connectivity index (χ1v) is 4.06. The lowest BCUT2D eigenvalue weighted by atomic mass is 10.4. The summed E-state index contributed by atoms with van der Waals surface area (Å²) in [6.45, 7) is 1.35. The van der Waals surface area contributed by atoms with E-state index in [0.29, 0.717) is 0 Å². The van der Waals surface area contributed by atoms with Crippen LogP contribution in [0.2, 0.25) is 0 Å². The standard InChI is InChI=1S/C7H9N3O5/c1-2-13-4(11)3-14-7(12)5-6(8)10-15-9-5/h2-3H2,1H3,(H2,8,10). The van der Waals surface area contributed by atoms with E-state index in [9.17, 15) is 9.59 Å². The minimum Gasteiger partial charge on any atom is -0.463 e. The lowest BCUT2D eigenvalue weighted by molar-refractivity contribution is -0.146. The van der Waals surface area contributed by atoms with Gasteiger partial charge in [0.15, 0.2) is 6.61 Å². The fourth-order valence-electron chi connectivity index (χ4n) is 0.733. The largest absolute Gasteiger partial charge is 0.463 e. The molecule has 0 aliphatic rings. The molecule has 0 saturated heterocycles. The SMILES string of the molecule is CCOC(=O)COC(=O)c1nonc1N. The molecule has 82 valence electrons. The van der Waals surface area contributed by atoms with Crippen molar-refractivity contribution in [2.24, 2.45) is 0 Å². The van der Waals surface area contributed by atoms with Crippen molar-refractivity contribution in [2.45, 2.75) is 6.92 Å². The molecule has 0 unspecified atom stereocenters. The van der Waals surface area contributed by atoms with Crippen LogP contribution in [0.25, 0.3) is 0 Å². The summed E-state index contributed by atoms with van der Waals surface area (Å²) in [6, 6.07) is 0. The minimum atomic E-state index is -0.887. The maximum Gasteiger partial charge on any atom is 0.365 e. The third-order valence-corrected chi connectivity index (χ3v) is 1.33. The first kappa shape index (κ1) is 11.0. The van der Waals surface area contributed by atoms with Crippen LogP contribution >= 0.6 is 0 Å².